The first kappa shape index (κ1) is 18.3. The minimum absolute atomic E-state index is 0.157. The van der Waals surface area contributed by atoms with Crippen molar-refractivity contribution in [3.8, 4) is 11.5 Å². The highest BCUT2D eigenvalue weighted by atomic mass is 127. The molecule has 2 aliphatic heterocycles. The summed E-state index contributed by atoms with van der Waals surface area (Å²) < 4.78 is 6.29. The van der Waals surface area contributed by atoms with Crippen molar-refractivity contribution in [2.75, 3.05) is 18.0 Å². The van der Waals surface area contributed by atoms with Gasteiger partial charge in [0, 0.05) is 18.2 Å². The molecule has 2 heterocycles. The molecule has 3 fully saturated rings. The average Bonchev–Trinajstić information content (AvgIpc) is 3.41. The van der Waals surface area contributed by atoms with Crippen LogP contribution in [-0.4, -0.2) is 50.9 Å². The maximum absolute atomic E-state index is 12.1. The molecule has 146 valence electrons. The quantitative estimate of drug-likeness (QED) is 0.386. The lowest BCUT2D eigenvalue weighted by Crippen LogP contribution is -2.75. The van der Waals surface area contributed by atoms with E-state index in [9.17, 15) is 10.2 Å². The minimum atomic E-state index is -0.780. The van der Waals surface area contributed by atoms with E-state index < -0.39 is 11.0 Å². The van der Waals surface area contributed by atoms with E-state index in [1.807, 2.05) is 11.0 Å². The molecular formula is C22H28INO3. The Morgan fingerprint density at radius 2 is 2.07 bits per heavy atom. The fourth-order valence-electron chi connectivity index (χ4n) is 6.39. The van der Waals surface area contributed by atoms with Crippen LogP contribution >= 0.6 is 22.6 Å². The van der Waals surface area contributed by atoms with Gasteiger partial charge in [0.1, 0.15) is 6.10 Å². The number of aliphatic hydroxyl groups is 1. The van der Waals surface area contributed by atoms with E-state index >= 15 is 0 Å². The molecule has 4 nitrogen and oxygen atoms in total. The van der Waals surface area contributed by atoms with Crippen LogP contribution in [0.15, 0.2) is 24.3 Å². The molecule has 1 spiro atoms. The van der Waals surface area contributed by atoms with E-state index in [0.29, 0.717) is 5.75 Å². The van der Waals surface area contributed by atoms with Crippen molar-refractivity contribution >= 4 is 22.6 Å². The summed E-state index contributed by atoms with van der Waals surface area (Å²) in [6.07, 6.45) is 5.79. The summed E-state index contributed by atoms with van der Waals surface area (Å²) in [4.78, 5) is 4.53. The summed E-state index contributed by atoms with van der Waals surface area (Å²) in [5.74, 6) is 1.64. The monoisotopic (exact) mass is 481 g/mol. The van der Waals surface area contributed by atoms with Gasteiger partial charge in [-0.25, -0.2) is 0 Å². The third-order valence-electron chi connectivity index (χ3n) is 7.71. The summed E-state index contributed by atoms with van der Waals surface area (Å²) in [7, 11) is 0. The fraction of sp³-hybridized carbons (Fsp3) is 0.636. The van der Waals surface area contributed by atoms with Gasteiger partial charge in [-0.05, 0) is 73.1 Å². The van der Waals surface area contributed by atoms with Crippen molar-refractivity contribution in [2.45, 2.75) is 61.7 Å². The number of rotatable bonds is 2. The van der Waals surface area contributed by atoms with Gasteiger partial charge in [-0.15, -0.1) is 0 Å². The number of halogens is 1. The van der Waals surface area contributed by atoms with E-state index in [0.717, 1.165) is 55.8 Å². The van der Waals surface area contributed by atoms with E-state index in [4.69, 9.17) is 4.74 Å². The Morgan fingerprint density at radius 3 is 2.81 bits per heavy atom. The van der Waals surface area contributed by atoms with Gasteiger partial charge < -0.3 is 14.9 Å². The molecule has 1 saturated heterocycles. The molecule has 4 atom stereocenters. The first-order valence-corrected chi connectivity index (χ1v) is 12.2. The van der Waals surface area contributed by atoms with Gasteiger partial charge in [-0.3, -0.25) is 4.90 Å². The molecule has 2 N–H and O–H groups in total. The number of likely N-dealkylation sites (tertiary alicyclic amines) is 1. The van der Waals surface area contributed by atoms with Crippen molar-refractivity contribution in [1.29, 1.82) is 0 Å². The number of phenolic OH excluding ortho intramolecular Hbond substituents is 1. The van der Waals surface area contributed by atoms with Crippen molar-refractivity contribution in [1.82, 2.24) is 4.90 Å². The minimum Gasteiger partial charge on any atom is -0.504 e. The number of hydrogen-bond donors (Lipinski definition) is 2. The average molecular weight is 481 g/mol. The van der Waals surface area contributed by atoms with Gasteiger partial charge in [-0.1, -0.05) is 35.2 Å². The second-order valence-electron chi connectivity index (χ2n) is 8.91. The number of phenols is 1. The summed E-state index contributed by atoms with van der Waals surface area (Å²) in [5, 5.41) is 22.5. The van der Waals surface area contributed by atoms with E-state index in [1.165, 1.54) is 18.4 Å². The van der Waals surface area contributed by atoms with Crippen LogP contribution in [0.4, 0.5) is 0 Å². The first-order chi connectivity index (χ1) is 13.0. The highest BCUT2D eigenvalue weighted by Crippen LogP contribution is 2.66. The van der Waals surface area contributed by atoms with Gasteiger partial charge in [0.2, 0.25) is 0 Å². The highest BCUT2D eigenvalue weighted by Gasteiger charge is 2.71. The van der Waals surface area contributed by atoms with Crippen LogP contribution in [0.25, 0.3) is 0 Å². The first-order valence-electron chi connectivity index (χ1n) is 10.1. The van der Waals surface area contributed by atoms with Crippen LogP contribution in [0, 0.1) is 5.92 Å². The van der Waals surface area contributed by atoms with Gasteiger partial charge in [0.05, 0.1) is 11.0 Å². The zero-order valence-electron chi connectivity index (χ0n) is 15.9. The number of aromatic hydroxyl groups is 1. The summed E-state index contributed by atoms with van der Waals surface area (Å²) in [5.41, 5.74) is 2.21. The third kappa shape index (κ3) is 2.22. The SMILES string of the molecule is C=C1CC[C@@]2(O)[C@H]3Cc4ccc(O)c5c4[C@@]2(CCN3CC2CC2)[C@H]1O5.CI. The Balaban J connectivity index is 0.000000777. The maximum Gasteiger partial charge on any atom is 0.166 e. The highest BCUT2D eigenvalue weighted by molar-refractivity contribution is 14.1. The molecule has 2 bridgehead atoms. The summed E-state index contributed by atoms with van der Waals surface area (Å²) in [6.45, 7) is 6.40. The van der Waals surface area contributed by atoms with Crippen LogP contribution in [0.1, 0.15) is 43.2 Å². The molecule has 5 heteroatoms. The van der Waals surface area contributed by atoms with Gasteiger partial charge >= 0.3 is 0 Å². The lowest BCUT2D eigenvalue weighted by molar-refractivity contribution is -0.174. The van der Waals surface area contributed by atoms with Gasteiger partial charge in [-0.2, -0.15) is 0 Å². The van der Waals surface area contributed by atoms with Crippen LogP contribution in [0.3, 0.4) is 0 Å². The van der Waals surface area contributed by atoms with Crippen molar-refractivity contribution in [3.05, 3.63) is 35.4 Å². The largest absolute Gasteiger partial charge is 0.504 e. The second-order valence-corrected chi connectivity index (χ2v) is 8.91. The van der Waals surface area contributed by atoms with E-state index in [-0.39, 0.29) is 17.9 Å². The van der Waals surface area contributed by atoms with Crippen LogP contribution in [0.2, 0.25) is 0 Å². The zero-order chi connectivity index (χ0) is 19.0. The van der Waals surface area contributed by atoms with Crippen LogP contribution in [-0.2, 0) is 11.8 Å². The molecule has 0 amide bonds. The lowest BCUT2D eigenvalue weighted by Gasteiger charge is -2.63. The normalized spacial score (nSPS) is 38.6. The smallest absolute Gasteiger partial charge is 0.166 e. The molecule has 5 aliphatic rings. The number of benzene rings is 1. The molecule has 0 aromatic heterocycles. The predicted molar refractivity (Wildman–Crippen MR) is 114 cm³/mol. The lowest BCUT2D eigenvalue weighted by atomic mass is 9.48. The zero-order valence-corrected chi connectivity index (χ0v) is 18.0. The molecule has 0 radical (unpaired) electrons. The third-order valence-corrected chi connectivity index (χ3v) is 7.71. The summed E-state index contributed by atoms with van der Waals surface area (Å²) in [6, 6.07) is 3.96. The number of alkyl halides is 1. The maximum atomic E-state index is 12.1. The molecule has 1 aromatic carbocycles. The fourth-order valence-corrected chi connectivity index (χ4v) is 6.39. The molecular weight excluding hydrogens is 453 g/mol. The Hall–Kier alpha value is -0.790. The number of hydrogen-bond acceptors (Lipinski definition) is 4. The molecule has 6 rings (SSSR count). The van der Waals surface area contributed by atoms with E-state index in [2.05, 4.69) is 34.1 Å². The Labute approximate surface area is 174 Å². The second kappa shape index (κ2) is 6.10. The Kier molecular flexibility index (Phi) is 4.12. The standard InChI is InChI=1S/C21H25NO3.CH3I/c1-12-6-7-21(24)16-10-14-4-5-15(23)18-17(14)20(21,19(12)25-18)8-9-22(16)11-13-2-3-13;1-2/h4-5,13,16,19,23-24H,1-3,6-11H2;1H3/t16-,19+,20+,21-;/m1./s1. The van der Waals surface area contributed by atoms with Gasteiger partial charge in [0.25, 0.3) is 0 Å². The topological polar surface area (TPSA) is 52.9 Å². The number of nitrogens with zero attached hydrogens (tertiary/aromatic N) is 1. The number of ether oxygens (including phenoxy) is 1. The van der Waals surface area contributed by atoms with Gasteiger partial charge in [0.15, 0.2) is 11.5 Å². The Bertz CT molecular complexity index is 807. The Morgan fingerprint density at radius 1 is 1.30 bits per heavy atom. The van der Waals surface area contributed by atoms with Crippen molar-refractivity contribution in [3.63, 3.8) is 0 Å². The molecule has 0 unspecified atom stereocenters. The van der Waals surface area contributed by atoms with Crippen molar-refractivity contribution < 1.29 is 14.9 Å². The van der Waals surface area contributed by atoms with E-state index in [1.54, 1.807) is 6.07 Å². The molecule has 27 heavy (non-hydrogen) atoms. The molecule has 2 saturated carbocycles. The molecule has 1 aromatic rings. The summed E-state index contributed by atoms with van der Waals surface area (Å²) >= 11 is 2.15. The van der Waals surface area contributed by atoms with Crippen molar-refractivity contribution in [2.24, 2.45) is 5.92 Å². The van der Waals surface area contributed by atoms with Crippen LogP contribution < -0.4 is 4.74 Å². The van der Waals surface area contributed by atoms with Crippen LogP contribution in [0.5, 0.6) is 11.5 Å². The predicted octanol–water partition coefficient (Wildman–Crippen LogP) is 3.56. The number of piperidine rings is 1. The molecule has 3 aliphatic carbocycles.